The molecule has 2 amide bonds. The average molecular weight is 579 g/mol. The Balaban J connectivity index is 1.65. The minimum atomic E-state index is -1.24. The number of likely N-dealkylation sites (tertiary alicyclic amines) is 1. The fraction of sp³-hybridized carbons (Fsp3) is 0.485. The molecule has 2 aromatic carbocycles. The maximum Gasteiger partial charge on any atom is 0.320 e. The Hall–Kier alpha value is -3.85. The molecule has 1 fully saturated rings. The van der Waals surface area contributed by atoms with Crippen LogP contribution in [0.3, 0.4) is 0 Å². The molecule has 0 radical (unpaired) electrons. The number of hydrogen-bond donors (Lipinski definition) is 1. The largest absolute Gasteiger partial charge is 0.493 e. The molecule has 9 nitrogen and oxygen atoms in total. The lowest BCUT2D eigenvalue weighted by atomic mass is 9.65. The van der Waals surface area contributed by atoms with Crippen LogP contribution in [0, 0.1) is 16.7 Å². The summed E-state index contributed by atoms with van der Waals surface area (Å²) in [5.74, 6) is -0.585. The van der Waals surface area contributed by atoms with Gasteiger partial charge in [-0.1, -0.05) is 57.2 Å². The topological polar surface area (TPSA) is 103 Å². The van der Waals surface area contributed by atoms with Gasteiger partial charge in [-0.05, 0) is 48.1 Å². The summed E-state index contributed by atoms with van der Waals surface area (Å²) in [6.45, 7) is 8.54. The SMILES string of the molecule is COC(=O)[C@]12C[C@H](CC(=O)NCc3ccc(OC)c(OC)c3)C(=O)N(Cc3ccccc3)C1=C[C@H](C(C)(C)C)O[C@@H]2C. The van der Waals surface area contributed by atoms with Gasteiger partial charge in [-0.3, -0.25) is 14.4 Å². The molecule has 1 saturated heterocycles. The zero-order chi connectivity index (χ0) is 30.7. The lowest BCUT2D eigenvalue weighted by Gasteiger charge is -2.53. The predicted molar refractivity (Wildman–Crippen MR) is 157 cm³/mol. The van der Waals surface area contributed by atoms with Crippen molar-refractivity contribution in [2.45, 2.75) is 65.8 Å². The predicted octanol–water partition coefficient (Wildman–Crippen LogP) is 4.64. The third kappa shape index (κ3) is 6.16. The van der Waals surface area contributed by atoms with Crippen molar-refractivity contribution in [2.24, 2.45) is 16.7 Å². The van der Waals surface area contributed by atoms with E-state index in [-0.39, 0.29) is 49.3 Å². The molecule has 4 atom stereocenters. The van der Waals surface area contributed by atoms with E-state index >= 15 is 0 Å². The van der Waals surface area contributed by atoms with E-state index in [1.165, 1.54) is 7.11 Å². The lowest BCUT2D eigenvalue weighted by Crippen LogP contribution is -2.60. The highest BCUT2D eigenvalue weighted by atomic mass is 16.5. The summed E-state index contributed by atoms with van der Waals surface area (Å²) in [6, 6.07) is 15.0. The fourth-order valence-electron chi connectivity index (χ4n) is 5.86. The van der Waals surface area contributed by atoms with Crippen molar-refractivity contribution in [3.63, 3.8) is 0 Å². The first-order valence-electron chi connectivity index (χ1n) is 14.2. The zero-order valence-corrected chi connectivity index (χ0v) is 25.6. The molecule has 0 aromatic heterocycles. The summed E-state index contributed by atoms with van der Waals surface area (Å²) in [6.07, 6.45) is 1.02. The minimum Gasteiger partial charge on any atom is -0.493 e. The van der Waals surface area contributed by atoms with Gasteiger partial charge in [0.25, 0.3) is 0 Å². The van der Waals surface area contributed by atoms with E-state index < -0.39 is 23.4 Å². The Labute approximate surface area is 248 Å². The van der Waals surface area contributed by atoms with E-state index in [0.29, 0.717) is 17.2 Å². The second-order valence-electron chi connectivity index (χ2n) is 12.1. The molecular weight excluding hydrogens is 536 g/mol. The Bertz CT molecular complexity index is 1330. The Morgan fingerprint density at radius 3 is 2.33 bits per heavy atom. The van der Waals surface area contributed by atoms with Gasteiger partial charge in [0.15, 0.2) is 11.5 Å². The van der Waals surface area contributed by atoms with Crippen LogP contribution in [0.1, 0.15) is 51.7 Å². The number of fused-ring (bicyclic) bond motifs is 1. The van der Waals surface area contributed by atoms with E-state index in [2.05, 4.69) is 26.1 Å². The zero-order valence-electron chi connectivity index (χ0n) is 25.6. The third-order valence-electron chi connectivity index (χ3n) is 8.24. The lowest BCUT2D eigenvalue weighted by molar-refractivity contribution is -0.180. The number of methoxy groups -OCH3 is 3. The smallest absolute Gasteiger partial charge is 0.320 e. The minimum absolute atomic E-state index is 0.0845. The molecule has 0 unspecified atom stereocenters. The van der Waals surface area contributed by atoms with Crippen molar-refractivity contribution >= 4 is 17.8 Å². The number of benzene rings is 2. The van der Waals surface area contributed by atoms with Crippen molar-refractivity contribution in [3.8, 4) is 11.5 Å². The Kier molecular flexibility index (Phi) is 9.30. The number of piperidine rings is 1. The van der Waals surface area contributed by atoms with Crippen LogP contribution in [-0.4, -0.2) is 56.2 Å². The maximum atomic E-state index is 14.1. The molecule has 42 heavy (non-hydrogen) atoms. The van der Waals surface area contributed by atoms with E-state index in [4.69, 9.17) is 18.9 Å². The van der Waals surface area contributed by atoms with Crippen LogP contribution in [0.4, 0.5) is 0 Å². The number of nitrogens with one attached hydrogen (secondary N) is 1. The number of carbonyl (C=O) groups excluding carboxylic acids is 3. The highest BCUT2D eigenvalue weighted by Gasteiger charge is 2.60. The molecule has 4 rings (SSSR count). The van der Waals surface area contributed by atoms with E-state index in [1.807, 2.05) is 49.4 Å². The normalized spacial score (nSPS) is 23.9. The van der Waals surface area contributed by atoms with Gasteiger partial charge < -0.3 is 29.2 Å². The standard InChI is InChI=1S/C33H42N2O7/c1-21-33(31(38)41-7)18-24(16-29(36)34-19-23-13-14-25(39-5)26(15-23)40-6)30(37)35(20-22-11-9-8-10-12-22)27(33)17-28(42-21)32(2,3)4/h8-15,17,21,24,28H,16,18-20H2,1-7H3,(H,34,36)/t21-,24+,28-,33+/m1/s1. The first-order chi connectivity index (χ1) is 19.9. The number of hydrogen-bond acceptors (Lipinski definition) is 7. The number of esters is 1. The quantitative estimate of drug-likeness (QED) is 0.433. The van der Waals surface area contributed by atoms with Crippen molar-refractivity contribution in [2.75, 3.05) is 21.3 Å². The van der Waals surface area contributed by atoms with Crippen LogP contribution in [-0.2, 0) is 36.9 Å². The molecular formula is C33H42N2O7. The van der Waals surface area contributed by atoms with Gasteiger partial charge in [-0.25, -0.2) is 0 Å². The molecule has 2 aliphatic heterocycles. The second-order valence-corrected chi connectivity index (χ2v) is 12.1. The van der Waals surface area contributed by atoms with Crippen molar-refractivity contribution in [3.05, 3.63) is 71.4 Å². The molecule has 1 N–H and O–H groups in total. The number of ether oxygens (including phenoxy) is 4. The summed E-state index contributed by atoms with van der Waals surface area (Å²) in [7, 11) is 4.46. The van der Waals surface area contributed by atoms with Gasteiger partial charge in [0.05, 0.1) is 40.1 Å². The molecule has 0 bridgehead atoms. The van der Waals surface area contributed by atoms with E-state index in [9.17, 15) is 14.4 Å². The summed E-state index contributed by atoms with van der Waals surface area (Å²) < 4.78 is 22.4. The van der Waals surface area contributed by atoms with Gasteiger partial charge in [-0.15, -0.1) is 0 Å². The first kappa shape index (κ1) is 31.1. The summed E-state index contributed by atoms with van der Waals surface area (Å²) in [5.41, 5.74) is 0.805. The number of carbonyl (C=O) groups is 3. The fourth-order valence-corrected chi connectivity index (χ4v) is 5.86. The monoisotopic (exact) mass is 578 g/mol. The van der Waals surface area contributed by atoms with Crippen LogP contribution in [0.25, 0.3) is 0 Å². The van der Waals surface area contributed by atoms with Crippen LogP contribution in [0.15, 0.2) is 60.3 Å². The molecule has 9 heteroatoms. The second kappa shape index (κ2) is 12.6. The maximum absolute atomic E-state index is 14.1. The van der Waals surface area contributed by atoms with Gasteiger partial charge in [-0.2, -0.15) is 0 Å². The molecule has 0 saturated carbocycles. The third-order valence-corrected chi connectivity index (χ3v) is 8.24. The summed E-state index contributed by atoms with van der Waals surface area (Å²) >= 11 is 0. The highest BCUT2D eigenvalue weighted by molar-refractivity contribution is 5.92. The van der Waals surface area contributed by atoms with E-state index in [1.54, 1.807) is 31.3 Å². The Morgan fingerprint density at radius 1 is 1.02 bits per heavy atom. The molecule has 0 spiro atoms. The average Bonchev–Trinajstić information content (AvgIpc) is 2.97. The van der Waals surface area contributed by atoms with Crippen molar-refractivity contribution in [1.29, 1.82) is 0 Å². The molecule has 2 aliphatic rings. The van der Waals surface area contributed by atoms with Crippen LogP contribution < -0.4 is 14.8 Å². The number of nitrogens with zero attached hydrogens (tertiary/aromatic N) is 1. The first-order valence-corrected chi connectivity index (χ1v) is 14.2. The van der Waals surface area contributed by atoms with Crippen LogP contribution in [0.5, 0.6) is 11.5 Å². The summed E-state index contributed by atoms with van der Waals surface area (Å²) in [5, 5.41) is 2.92. The van der Waals surface area contributed by atoms with Crippen molar-refractivity contribution < 1.29 is 33.3 Å². The number of rotatable bonds is 9. The van der Waals surface area contributed by atoms with Gasteiger partial charge in [0.1, 0.15) is 5.41 Å². The van der Waals surface area contributed by atoms with Gasteiger partial charge in [0, 0.05) is 24.6 Å². The number of amides is 2. The molecule has 2 aromatic rings. The van der Waals surface area contributed by atoms with Gasteiger partial charge >= 0.3 is 5.97 Å². The summed E-state index contributed by atoms with van der Waals surface area (Å²) in [4.78, 5) is 42.7. The molecule has 0 aliphatic carbocycles. The van der Waals surface area contributed by atoms with Gasteiger partial charge in [0.2, 0.25) is 11.8 Å². The van der Waals surface area contributed by atoms with Crippen molar-refractivity contribution in [1.82, 2.24) is 10.2 Å². The molecule has 226 valence electrons. The highest BCUT2D eigenvalue weighted by Crippen LogP contribution is 2.52. The van der Waals surface area contributed by atoms with E-state index in [0.717, 1.165) is 11.1 Å². The molecule has 2 heterocycles. The Morgan fingerprint density at radius 2 is 1.71 bits per heavy atom. The van der Waals surface area contributed by atoms with Crippen LogP contribution in [0.2, 0.25) is 0 Å². The van der Waals surface area contributed by atoms with Crippen LogP contribution >= 0.6 is 0 Å².